The number of alkyl halides is 2. The molecular formula is C19H15F2N3O4. The lowest BCUT2D eigenvalue weighted by atomic mass is 10.0. The molecule has 2 aromatic rings. The maximum atomic E-state index is 12.7. The standard InChI is InChI=1S/C19H15F2N3O4/c20-19(21)28-12-2-4-14(22-8-12)10-1-3-13-11(7-10)9-24(18(13)27)15-5-6-16(25)23-17(15)26/h1-4,7-8,15,19H,5-6,9H2,(H,23,25,26). The van der Waals surface area contributed by atoms with E-state index in [4.69, 9.17) is 0 Å². The second-order valence-corrected chi connectivity index (χ2v) is 6.53. The van der Waals surface area contributed by atoms with Crippen molar-refractivity contribution in [2.24, 2.45) is 0 Å². The molecule has 1 unspecified atom stereocenters. The number of piperidine rings is 1. The Kier molecular flexibility index (Phi) is 4.50. The first-order valence-corrected chi connectivity index (χ1v) is 8.61. The van der Waals surface area contributed by atoms with E-state index >= 15 is 0 Å². The Hall–Kier alpha value is -3.36. The van der Waals surface area contributed by atoms with Gasteiger partial charge in [0, 0.05) is 24.1 Å². The van der Waals surface area contributed by atoms with Crippen molar-refractivity contribution in [1.29, 1.82) is 0 Å². The Bertz CT molecular complexity index is 962. The average molecular weight is 387 g/mol. The maximum absolute atomic E-state index is 12.7. The molecule has 7 nitrogen and oxygen atoms in total. The molecular weight excluding hydrogens is 372 g/mol. The van der Waals surface area contributed by atoms with E-state index < -0.39 is 18.6 Å². The minimum atomic E-state index is -2.92. The number of imide groups is 1. The highest BCUT2D eigenvalue weighted by Gasteiger charge is 2.39. The van der Waals surface area contributed by atoms with E-state index in [0.717, 1.165) is 5.56 Å². The van der Waals surface area contributed by atoms with E-state index in [2.05, 4.69) is 15.0 Å². The number of hydrogen-bond acceptors (Lipinski definition) is 5. The molecule has 0 bridgehead atoms. The van der Waals surface area contributed by atoms with Crippen LogP contribution in [-0.2, 0) is 16.1 Å². The van der Waals surface area contributed by atoms with Crippen molar-refractivity contribution in [2.75, 3.05) is 0 Å². The van der Waals surface area contributed by atoms with Crippen LogP contribution in [0.15, 0.2) is 36.5 Å². The first kappa shape index (κ1) is 18.0. The van der Waals surface area contributed by atoms with E-state index in [-0.39, 0.29) is 30.5 Å². The number of carbonyl (C=O) groups excluding carboxylic acids is 3. The van der Waals surface area contributed by atoms with Gasteiger partial charge in [-0.25, -0.2) is 0 Å². The van der Waals surface area contributed by atoms with E-state index in [1.165, 1.54) is 17.2 Å². The van der Waals surface area contributed by atoms with Gasteiger partial charge in [-0.1, -0.05) is 6.07 Å². The topological polar surface area (TPSA) is 88.6 Å². The number of amides is 3. The summed E-state index contributed by atoms with van der Waals surface area (Å²) in [5.74, 6) is -1.10. The Morgan fingerprint density at radius 1 is 1.18 bits per heavy atom. The molecule has 144 valence electrons. The molecule has 0 radical (unpaired) electrons. The molecule has 1 fully saturated rings. The fourth-order valence-corrected chi connectivity index (χ4v) is 3.46. The third-order valence-corrected chi connectivity index (χ3v) is 4.78. The normalized spacial score (nSPS) is 19.0. The van der Waals surface area contributed by atoms with Gasteiger partial charge in [0.15, 0.2) is 0 Å². The number of nitrogens with one attached hydrogen (secondary N) is 1. The van der Waals surface area contributed by atoms with Crippen LogP contribution in [0.1, 0.15) is 28.8 Å². The van der Waals surface area contributed by atoms with Crippen molar-refractivity contribution in [2.45, 2.75) is 32.0 Å². The van der Waals surface area contributed by atoms with E-state index in [9.17, 15) is 23.2 Å². The molecule has 2 aliphatic rings. The number of pyridine rings is 1. The number of benzene rings is 1. The predicted octanol–water partition coefficient (Wildman–Crippen LogP) is 2.11. The third-order valence-electron chi connectivity index (χ3n) is 4.78. The van der Waals surface area contributed by atoms with Gasteiger partial charge in [-0.15, -0.1) is 0 Å². The summed E-state index contributed by atoms with van der Waals surface area (Å²) in [4.78, 5) is 41.7. The summed E-state index contributed by atoms with van der Waals surface area (Å²) >= 11 is 0. The van der Waals surface area contributed by atoms with Gasteiger partial charge in [0.25, 0.3) is 5.91 Å². The molecule has 9 heteroatoms. The van der Waals surface area contributed by atoms with E-state index in [1.807, 2.05) is 0 Å². The summed E-state index contributed by atoms with van der Waals surface area (Å²) in [7, 11) is 0. The summed E-state index contributed by atoms with van der Waals surface area (Å²) in [6, 6.07) is 7.42. The van der Waals surface area contributed by atoms with Gasteiger partial charge in [0.05, 0.1) is 11.9 Å². The van der Waals surface area contributed by atoms with Crippen LogP contribution in [-0.4, -0.2) is 40.3 Å². The number of hydrogen-bond donors (Lipinski definition) is 1. The Balaban J connectivity index is 1.55. The van der Waals surface area contributed by atoms with Gasteiger partial charge < -0.3 is 9.64 Å². The molecule has 1 aromatic heterocycles. The molecule has 28 heavy (non-hydrogen) atoms. The molecule has 0 aliphatic carbocycles. The highest BCUT2D eigenvalue weighted by Crippen LogP contribution is 2.31. The molecule has 1 aromatic carbocycles. The van der Waals surface area contributed by atoms with E-state index in [0.29, 0.717) is 23.2 Å². The molecule has 3 amide bonds. The molecule has 2 aliphatic heterocycles. The Morgan fingerprint density at radius 2 is 2.00 bits per heavy atom. The monoisotopic (exact) mass is 387 g/mol. The number of fused-ring (bicyclic) bond motifs is 1. The van der Waals surface area contributed by atoms with Crippen molar-refractivity contribution >= 4 is 17.7 Å². The van der Waals surface area contributed by atoms with Gasteiger partial charge in [-0.2, -0.15) is 8.78 Å². The fraction of sp³-hybridized carbons (Fsp3) is 0.263. The summed E-state index contributed by atoms with van der Waals surface area (Å²) in [5, 5.41) is 2.26. The number of nitrogens with zero attached hydrogens (tertiary/aromatic N) is 2. The summed E-state index contributed by atoms with van der Waals surface area (Å²) < 4.78 is 28.8. The number of carbonyl (C=O) groups is 3. The number of rotatable bonds is 4. The minimum Gasteiger partial charge on any atom is -0.433 e. The second-order valence-electron chi connectivity index (χ2n) is 6.53. The van der Waals surface area contributed by atoms with Crippen LogP contribution in [0.5, 0.6) is 5.75 Å². The van der Waals surface area contributed by atoms with Crippen molar-refractivity contribution in [1.82, 2.24) is 15.2 Å². The van der Waals surface area contributed by atoms with Crippen LogP contribution >= 0.6 is 0 Å². The van der Waals surface area contributed by atoms with Crippen LogP contribution < -0.4 is 10.1 Å². The summed E-state index contributed by atoms with van der Waals surface area (Å²) in [6.07, 6.45) is 1.69. The van der Waals surface area contributed by atoms with Crippen LogP contribution in [0.25, 0.3) is 11.3 Å². The van der Waals surface area contributed by atoms with Crippen LogP contribution in [0.3, 0.4) is 0 Å². The number of ether oxygens (including phenoxy) is 1. The second kappa shape index (κ2) is 6.99. The zero-order valence-electron chi connectivity index (χ0n) is 14.5. The van der Waals surface area contributed by atoms with Crippen LogP contribution in [0, 0.1) is 0 Å². The first-order chi connectivity index (χ1) is 13.4. The quantitative estimate of drug-likeness (QED) is 0.812. The van der Waals surface area contributed by atoms with Gasteiger partial charge in [0.2, 0.25) is 11.8 Å². The highest BCUT2D eigenvalue weighted by atomic mass is 19.3. The largest absolute Gasteiger partial charge is 0.433 e. The Morgan fingerprint density at radius 3 is 2.68 bits per heavy atom. The fourth-order valence-electron chi connectivity index (χ4n) is 3.46. The molecule has 0 spiro atoms. The zero-order chi connectivity index (χ0) is 19.8. The molecule has 1 saturated heterocycles. The predicted molar refractivity (Wildman–Crippen MR) is 92.4 cm³/mol. The zero-order valence-corrected chi connectivity index (χ0v) is 14.5. The molecule has 1 atom stereocenters. The van der Waals surface area contributed by atoms with Gasteiger partial charge in [-0.05, 0) is 36.2 Å². The van der Waals surface area contributed by atoms with E-state index in [1.54, 1.807) is 24.3 Å². The molecule has 1 N–H and O–H groups in total. The van der Waals surface area contributed by atoms with Crippen molar-refractivity contribution in [3.63, 3.8) is 0 Å². The number of aromatic nitrogens is 1. The lowest BCUT2D eigenvalue weighted by Gasteiger charge is -2.29. The van der Waals surface area contributed by atoms with Crippen molar-refractivity contribution in [3.8, 4) is 17.0 Å². The summed E-state index contributed by atoms with van der Waals surface area (Å²) in [5.41, 5.74) is 2.48. The maximum Gasteiger partial charge on any atom is 0.387 e. The Labute approximate surface area is 158 Å². The lowest BCUT2D eigenvalue weighted by Crippen LogP contribution is -2.52. The van der Waals surface area contributed by atoms with Crippen LogP contribution in [0.2, 0.25) is 0 Å². The van der Waals surface area contributed by atoms with Crippen molar-refractivity contribution in [3.05, 3.63) is 47.7 Å². The average Bonchev–Trinajstić information content (AvgIpc) is 2.98. The molecule has 4 rings (SSSR count). The molecule has 0 saturated carbocycles. The lowest BCUT2D eigenvalue weighted by molar-refractivity contribution is -0.136. The van der Waals surface area contributed by atoms with Crippen molar-refractivity contribution < 1.29 is 27.9 Å². The summed E-state index contributed by atoms with van der Waals surface area (Å²) in [6.45, 7) is -2.67. The van der Waals surface area contributed by atoms with Crippen LogP contribution in [0.4, 0.5) is 8.78 Å². The molecule has 3 heterocycles. The SMILES string of the molecule is O=C1CCC(N2Cc3cc(-c4ccc(OC(F)F)cn4)ccc3C2=O)C(=O)N1. The highest BCUT2D eigenvalue weighted by molar-refractivity contribution is 6.05. The minimum absolute atomic E-state index is 0.0425. The van der Waals surface area contributed by atoms with Gasteiger partial charge in [0.1, 0.15) is 11.8 Å². The van der Waals surface area contributed by atoms with Gasteiger partial charge in [-0.3, -0.25) is 24.7 Å². The van der Waals surface area contributed by atoms with Gasteiger partial charge >= 0.3 is 6.61 Å². The third kappa shape index (κ3) is 3.30. The number of halogens is 2. The first-order valence-electron chi connectivity index (χ1n) is 8.61. The smallest absolute Gasteiger partial charge is 0.387 e.